The second kappa shape index (κ2) is 13.1. The molecule has 2 aliphatic heterocycles. The normalized spacial score (nSPS) is 36.7. The summed E-state index contributed by atoms with van der Waals surface area (Å²) >= 11 is 0. The Labute approximate surface area is 212 Å². The van der Waals surface area contributed by atoms with Gasteiger partial charge in [0.15, 0.2) is 12.6 Å². The van der Waals surface area contributed by atoms with Gasteiger partial charge in [-0.3, -0.25) is 0 Å². The van der Waals surface area contributed by atoms with Crippen LogP contribution in [0, 0.1) is 23.7 Å². The summed E-state index contributed by atoms with van der Waals surface area (Å²) in [5.74, 6) is 3.26. The van der Waals surface area contributed by atoms with Crippen molar-refractivity contribution in [3.8, 4) is 0 Å². The molecule has 2 saturated carbocycles. The van der Waals surface area contributed by atoms with E-state index in [-0.39, 0.29) is 31.2 Å². The van der Waals surface area contributed by atoms with E-state index in [0.717, 1.165) is 82.7 Å². The zero-order chi connectivity index (χ0) is 23.9. The number of aliphatic hydroxyl groups excluding tert-OH is 1. The fourth-order valence-electron chi connectivity index (χ4n) is 7.24. The highest BCUT2D eigenvalue weighted by molar-refractivity contribution is 5.23. The van der Waals surface area contributed by atoms with E-state index in [1.54, 1.807) is 0 Å². The number of aliphatic hydroxyl groups is 1. The Morgan fingerprint density at radius 2 is 1.69 bits per heavy atom. The zero-order valence-electron chi connectivity index (χ0n) is 21.7. The third kappa shape index (κ3) is 6.91. The van der Waals surface area contributed by atoms with Crippen LogP contribution in [0.4, 0.5) is 0 Å². The zero-order valence-corrected chi connectivity index (χ0v) is 21.7. The Balaban J connectivity index is 1.36. The minimum atomic E-state index is -0.116. The van der Waals surface area contributed by atoms with Crippen molar-refractivity contribution in [2.24, 2.45) is 23.7 Å². The number of allylic oxidation sites excluding steroid dienone is 3. The Morgan fingerprint density at radius 1 is 0.943 bits per heavy atom. The van der Waals surface area contributed by atoms with Crippen LogP contribution in [0.2, 0.25) is 0 Å². The summed E-state index contributed by atoms with van der Waals surface area (Å²) in [5.41, 5.74) is 1.52. The van der Waals surface area contributed by atoms with E-state index in [4.69, 9.17) is 18.9 Å². The van der Waals surface area contributed by atoms with E-state index < -0.39 is 0 Å². The number of rotatable bonds is 10. The molecular weight excluding hydrogens is 440 g/mol. The summed E-state index contributed by atoms with van der Waals surface area (Å²) in [6.45, 7) is 1.90. The van der Waals surface area contributed by atoms with Crippen molar-refractivity contribution in [1.29, 1.82) is 0 Å². The monoisotopic (exact) mass is 488 g/mol. The molecule has 0 radical (unpaired) electrons. The van der Waals surface area contributed by atoms with Gasteiger partial charge in [-0.1, -0.05) is 43.8 Å². The van der Waals surface area contributed by atoms with Gasteiger partial charge in [-0.25, -0.2) is 0 Å². The fourth-order valence-corrected chi connectivity index (χ4v) is 7.24. The Bertz CT molecular complexity index is 700. The van der Waals surface area contributed by atoms with Crippen LogP contribution in [0.5, 0.6) is 0 Å². The van der Waals surface area contributed by atoms with Gasteiger partial charge in [0.2, 0.25) is 0 Å². The molecule has 0 aromatic rings. The summed E-state index contributed by atoms with van der Waals surface area (Å²) in [6.07, 6.45) is 23.5. The Morgan fingerprint density at radius 3 is 2.40 bits per heavy atom. The summed E-state index contributed by atoms with van der Waals surface area (Å²) in [4.78, 5) is 0. The van der Waals surface area contributed by atoms with Gasteiger partial charge in [0, 0.05) is 25.6 Å². The first-order chi connectivity index (χ1) is 17.3. The highest BCUT2D eigenvalue weighted by Crippen LogP contribution is 2.52. The Hall–Kier alpha value is -0.880. The van der Waals surface area contributed by atoms with Crippen LogP contribution in [-0.2, 0) is 18.9 Å². The summed E-state index contributed by atoms with van der Waals surface area (Å²) in [5, 5.41) is 9.37. The van der Waals surface area contributed by atoms with Gasteiger partial charge in [-0.15, -0.1) is 0 Å². The summed E-state index contributed by atoms with van der Waals surface area (Å²) in [7, 11) is 0. The molecule has 5 heteroatoms. The van der Waals surface area contributed by atoms with Crippen LogP contribution in [0.25, 0.3) is 0 Å². The number of hydrogen-bond acceptors (Lipinski definition) is 5. The molecule has 198 valence electrons. The molecule has 1 N–H and O–H groups in total. The lowest BCUT2D eigenvalue weighted by Crippen LogP contribution is -2.34. The third-order valence-corrected chi connectivity index (χ3v) is 9.10. The second-order valence-corrected chi connectivity index (χ2v) is 11.7. The van der Waals surface area contributed by atoms with Crippen LogP contribution in [0.15, 0.2) is 23.5 Å². The SMILES string of the molecule is OCCCC1=C[C@@H]2C[C@H](OC3CCCCO3)[C@@H](C(=CCC3CCCCC3)OC3CCCCO3)[C@@H]2C1. The van der Waals surface area contributed by atoms with E-state index >= 15 is 0 Å². The minimum Gasteiger partial charge on any atom is -0.469 e. The van der Waals surface area contributed by atoms with Crippen LogP contribution in [-0.4, -0.2) is 43.6 Å². The molecule has 6 atom stereocenters. The Kier molecular flexibility index (Phi) is 9.62. The van der Waals surface area contributed by atoms with E-state index in [2.05, 4.69) is 12.2 Å². The molecule has 0 aromatic carbocycles. The van der Waals surface area contributed by atoms with Crippen molar-refractivity contribution in [3.05, 3.63) is 23.5 Å². The maximum absolute atomic E-state index is 9.37. The van der Waals surface area contributed by atoms with Crippen molar-refractivity contribution < 1.29 is 24.1 Å². The highest BCUT2D eigenvalue weighted by Gasteiger charge is 2.49. The molecule has 5 nitrogen and oxygen atoms in total. The molecule has 0 spiro atoms. The average Bonchev–Trinajstić information content (AvgIpc) is 3.44. The molecule has 5 rings (SSSR count). The van der Waals surface area contributed by atoms with Crippen LogP contribution in [0.1, 0.15) is 103 Å². The van der Waals surface area contributed by atoms with Crippen molar-refractivity contribution in [2.75, 3.05) is 19.8 Å². The molecule has 0 bridgehead atoms. The molecule has 2 unspecified atom stereocenters. The highest BCUT2D eigenvalue weighted by atomic mass is 16.7. The smallest absolute Gasteiger partial charge is 0.199 e. The van der Waals surface area contributed by atoms with E-state index in [9.17, 15) is 5.11 Å². The number of hydrogen-bond donors (Lipinski definition) is 1. The first-order valence-electron chi connectivity index (χ1n) is 14.9. The van der Waals surface area contributed by atoms with Gasteiger partial charge < -0.3 is 24.1 Å². The second-order valence-electron chi connectivity index (χ2n) is 11.7. The van der Waals surface area contributed by atoms with Gasteiger partial charge in [-0.2, -0.15) is 0 Å². The largest absolute Gasteiger partial charge is 0.469 e. The van der Waals surface area contributed by atoms with Gasteiger partial charge in [0.05, 0.1) is 12.7 Å². The van der Waals surface area contributed by atoms with Crippen LogP contribution < -0.4 is 0 Å². The fraction of sp³-hybridized carbons (Fsp3) is 0.867. The van der Waals surface area contributed by atoms with E-state index in [1.165, 1.54) is 50.5 Å². The molecule has 2 heterocycles. The van der Waals surface area contributed by atoms with Crippen molar-refractivity contribution in [3.63, 3.8) is 0 Å². The number of ether oxygens (including phenoxy) is 4. The first-order valence-corrected chi connectivity index (χ1v) is 14.9. The van der Waals surface area contributed by atoms with Gasteiger partial charge in [0.25, 0.3) is 0 Å². The molecule has 5 aliphatic rings. The van der Waals surface area contributed by atoms with E-state index in [1.807, 2.05) is 0 Å². The van der Waals surface area contributed by atoms with Crippen molar-refractivity contribution in [2.45, 2.75) is 121 Å². The van der Waals surface area contributed by atoms with Crippen LogP contribution in [0.3, 0.4) is 0 Å². The molecule has 0 aromatic heterocycles. The topological polar surface area (TPSA) is 57.2 Å². The predicted molar refractivity (Wildman–Crippen MR) is 137 cm³/mol. The number of fused-ring (bicyclic) bond motifs is 1. The molecule has 35 heavy (non-hydrogen) atoms. The maximum atomic E-state index is 9.37. The third-order valence-electron chi connectivity index (χ3n) is 9.10. The molecule has 0 amide bonds. The van der Waals surface area contributed by atoms with Gasteiger partial charge in [-0.05, 0) is 88.0 Å². The quantitative estimate of drug-likeness (QED) is 0.276. The lowest BCUT2D eigenvalue weighted by molar-refractivity contribution is -0.201. The van der Waals surface area contributed by atoms with E-state index in [0.29, 0.717) is 11.8 Å². The maximum Gasteiger partial charge on any atom is 0.199 e. The van der Waals surface area contributed by atoms with Crippen molar-refractivity contribution in [1.82, 2.24) is 0 Å². The van der Waals surface area contributed by atoms with Crippen molar-refractivity contribution >= 4 is 0 Å². The predicted octanol–water partition coefficient (Wildman–Crippen LogP) is 6.65. The lowest BCUT2D eigenvalue weighted by atomic mass is 9.84. The van der Waals surface area contributed by atoms with Gasteiger partial charge >= 0.3 is 0 Å². The molecule has 2 saturated heterocycles. The summed E-state index contributed by atoms with van der Waals surface area (Å²) in [6, 6.07) is 0. The molecular formula is C30H48O5. The molecule has 3 aliphatic carbocycles. The minimum absolute atomic E-state index is 0.0709. The van der Waals surface area contributed by atoms with Gasteiger partial charge in [0.1, 0.15) is 5.76 Å². The van der Waals surface area contributed by atoms with Crippen LogP contribution >= 0.6 is 0 Å². The lowest BCUT2D eigenvalue weighted by Gasteiger charge is -2.34. The first kappa shape index (κ1) is 25.8. The molecule has 4 fully saturated rings. The summed E-state index contributed by atoms with van der Waals surface area (Å²) < 4.78 is 25.6. The average molecular weight is 489 g/mol. The standard InChI is InChI=1S/C30H48O5/c31-16-8-11-23-19-24-21-27(35-29-13-5-7-18-33-29)30(25(24)20-23)26(34-28-12-4-6-17-32-28)15-14-22-9-2-1-3-10-22/h15,19,22,24-25,27-31H,1-14,16-18,20-21H2/t24-,25-,27+,28?,29?,30-/m1/s1.